The minimum absolute atomic E-state index is 0.212. The van der Waals surface area contributed by atoms with Crippen LogP contribution < -0.4 is 0 Å². The minimum atomic E-state index is -1.27. The number of aromatic carboxylic acids is 2. The normalized spacial score (nSPS) is 10.8. The third-order valence-electron chi connectivity index (χ3n) is 3.19. The van der Waals surface area contributed by atoms with Gasteiger partial charge in [-0.2, -0.15) is 10.2 Å². The van der Waals surface area contributed by atoms with E-state index in [2.05, 4.69) is 10.2 Å². The highest BCUT2D eigenvalue weighted by atomic mass is 16.4. The number of benzene rings is 2. The highest BCUT2D eigenvalue weighted by Gasteiger charge is 2.11. The highest BCUT2D eigenvalue weighted by molar-refractivity contribution is 5.91. The largest absolute Gasteiger partial charge is 0.507 e. The molecule has 2 aromatic carbocycles. The third kappa shape index (κ3) is 3.70. The van der Waals surface area contributed by atoms with Gasteiger partial charge in [0.25, 0.3) is 0 Å². The fraction of sp³-hybridized carbons (Fsp3) is 0.125. The van der Waals surface area contributed by atoms with Crippen LogP contribution in [-0.2, 0) is 6.42 Å². The minimum Gasteiger partial charge on any atom is -0.507 e. The van der Waals surface area contributed by atoms with Crippen molar-refractivity contribution < 1.29 is 24.9 Å². The van der Waals surface area contributed by atoms with Crippen LogP contribution in [-0.4, -0.2) is 27.3 Å². The molecule has 3 N–H and O–H groups in total. The van der Waals surface area contributed by atoms with Gasteiger partial charge in [0, 0.05) is 0 Å². The Morgan fingerprint density at radius 2 is 1.48 bits per heavy atom. The average Bonchev–Trinajstić information content (AvgIpc) is 2.53. The second-order valence-corrected chi connectivity index (χ2v) is 4.71. The molecule has 2 rings (SSSR count). The van der Waals surface area contributed by atoms with Crippen molar-refractivity contribution in [2.45, 2.75) is 13.3 Å². The van der Waals surface area contributed by atoms with Crippen LogP contribution in [0.5, 0.6) is 5.75 Å². The molecule has 23 heavy (non-hydrogen) atoms. The van der Waals surface area contributed by atoms with E-state index >= 15 is 0 Å². The van der Waals surface area contributed by atoms with Gasteiger partial charge in [-0.1, -0.05) is 6.92 Å². The SMILES string of the molecule is CCc1cc(/N=N/c2ccc(O)c(C(=O)O)c2)ccc1C(=O)O. The number of azo groups is 1. The lowest BCUT2D eigenvalue weighted by Crippen LogP contribution is -2.00. The molecule has 0 amide bonds. The van der Waals surface area contributed by atoms with Crippen LogP contribution in [0.1, 0.15) is 33.2 Å². The summed E-state index contributed by atoms with van der Waals surface area (Å²) in [4.78, 5) is 22.0. The van der Waals surface area contributed by atoms with Crippen molar-refractivity contribution in [2.24, 2.45) is 10.2 Å². The second kappa shape index (κ2) is 6.69. The van der Waals surface area contributed by atoms with Gasteiger partial charge in [0.2, 0.25) is 0 Å². The molecule has 0 atom stereocenters. The van der Waals surface area contributed by atoms with E-state index in [-0.39, 0.29) is 22.6 Å². The maximum absolute atomic E-state index is 11.1. The van der Waals surface area contributed by atoms with Crippen molar-refractivity contribution in [3.8, 4) is 5.75 Å². The number of carboxylic acids is 2. The molecular formula is C16H14N2O5. The molecule has 0 aliphatic carbocycles. The monoisotopic (exact) mass is 314 g/mol. The first kappa shape index (κ1) is 16.2. The topological polar surface area (TPSA) is 120 Å². The molecule has 118 valence electrons. The number of phenols is 1. The standard InChI is InChI=1S/C16H14N2O5/c1-2-9-7-10(3-5-12(9)15(20)21)17-18-11-4-6-14(19)13(8-11)16(22)23/h3-8,19H,2H2,1H3,(H,20,21)(H,22,23)/b18-17+. The van der Waals surface area contributed by atoms with Gasteiger partial charge in [-0.3, -0.25) is 0 Å². The Hall–Kier alpha value is -3.22. The summed E-state index contributed by atoms with van der Waals surface area (Å²) >= 11 is 0. The molecule has 0 unspecified atom stereocenters. The molecule has 2 aromatic rings. The number of rotatable bonds is 5. The first-order valence-corrected chi connectivity index (χ1v) is 6.76. The molecule has 0 aliphatic rings. The van der Waals surface area contributed by atoms with Gasteiger partial charge < -0.3 is 15.3 Å². The van der Waals surface area contributed by atoms with E-state index in [1.807, 2.05) is 6.92 Å². The zero-order valence-corrected chi connectivity index (χ0v) is 12.2. The zero-order chi connectivity index (χ0) is 17.0. The molecule has 0 saturated heterocycles. The first-order chi connectivity index (χ1) is 10.9. The Kier molecular flexibility index (Phi) is 4.70. The molecule has 0 radical (unpaired) electrons. The highest BCUT2D eigenvalue weighted by Crippen LogP contribution is 2.26. The average molecular weight is 314 g/mol. The number of nitrogens with zero attached hydrogens (tertiary/aromatic N) is 2. The van der Waals surface area contributed by atoms with E-state index in [1.165, 1.54) is 30.3 Å². The van der Waals surface area contributed by atoms with E-state index in [1.54, 1.807) is 6.07 Å². The maximum Gasteiger partial charge on any atom is 0.339 e. The first-order valence-electron chi connectivity index (χ1n) is 6.76. The van der Waals surface area contributed by atoms with Gasteiger partial charge >= 0.3 is 11.9 Å². The Morgan fingerprint density at radius 3 is 2.04 bits per heavy atom. The number of hydrogen-bond acceptors (Lipinski definition) is 5. The number of aromatic hydroxyl groups is 1. The fourth-order valence-corrected chi connectivity index (χ4v) is 2.02. The summed E-state index contributed by atoms with van der Waals surface area (Å²) in [5.74, 6) is -2.62. The van der Waals surface area contributed by atoms with Crippen LogP contribution in [0.25, 0.3) is 0 Å². The summed E-state index contributed by atoms with van der Waals surface area (Å²) in [5.41, 5.74) is 1.30. The Labute approximate surface area is 131 Å². The van der Waals surface area contributed by atoms with Crippen LogP contribution in [0.2, 0.25) is 0 Å². The smallest absolute Gasteiger partial charge is 0.339 e. The summed E-state index contributed by atoms with van der Waals surface area (Å²) in [7, 11) is 0. The molecular weight excluding hydrogens is 300 g/mol. The van der Waals surface area contributed by atoms with Crippen molar-refractivity contribution in [1.29, 1.82) is 0 Å². The number of carbonyl (C=O) groups is 2. The predicted octanol–water partition coefficient (Wildman–Crippen LogP) is 3.77. The predicted molar refractivity (Wildman–Crippen MR) is 82.0 cm³/mol. The van der Waals surface area contributed by atoms with E-state index in [0.29, 0.717) is 17.7 Å². The van der Waals surface area contributed by atoms with Gasteiger partial charge in [-0.05, 0) is 48.4 Å². The number of aryl methyl sites for hydroxylation is 1. The Bertz CT molecular complexity index is 799. The molecule has 0 aromatic heterocycles. The molecule has 7 nitrogen and oxygen atoms in total. The van der Waals surface area contributed by atoms with Crippen LogP contribution in [0.4, 0.5) is 11.4 Å². The van der Waals surface area contributed by atoms with Crippen molar-refractivity contribution in [1.82, 2.24) is 0 Å². The van der Waals surface area contributed by atoms with Crippen molar-refractivity contribution in [3.05, 3.63) is 53.1 Å². The van der Waals surface area contributed by atoms with Crippen LogP contribution in [0.15, 0.2) is 46.6 Å². The van der Waals surface area contributed by atoms with Gasteiger partial charge in [0.05, 0.1) is 16.9 Å². The molecule has 0 spiro atoms. The second-order valence-electron chi connectivity index (χ2n) is 4.71. The maximum atomic E-state index is 11.1. The summed E-state index contributed by atoms with van der Waals surface area (Å²) in [5, 5.41) is 35.3. The summed E-state index contributed by atoms with van der Waals surface area (Å²) < 4.78 is 0. The third-order valence-corrected chi connectivity index (χ3v) is 3.19. The lowest BCUT2D eigenvalue weighted by atomic mass is 10.0. The number of carboxylic acid groups (broad SMARTS) is 2. The van der Waals surface area contributed by atoms with E-state index in [0.717, 1.165) is 0 Å². The zero-order valence-electron chi connectivity index (χ0n) is 12.2. The Morgan fingerprint density at radius 1 is 0.913 bits per heavy atom. The lowest BCUT2D eigenvalue weighted by molar-refractivity contribution is 0.0683. The lowest BCUT2D eigenvalue weighted by Gasteiger charge is -2.04. The quantitative estimate of drug-likeness (QED) is 0.726. The molecule has 0 heterocycles. The van der Waals surface area contributed by atoms with Gasteiger partial charge in [0.15, 0.2) is 0 Å². The van der Waals surface area contributed by atoms with E-state index < -0.39 is 11.9 Å². The van der Waals surface area contributed by atoms with Crippen LogP contribution in [0.3, 0.4) is 0 Å². The Balaban J connectivity index is 2.32. The van der Waals surface area contributed by atoms with Crippen molar-refractivity contribution >= 4 is 23.3 Å². The summed E-state index contributed by atoms with van der Waals surface area (Å²) in [6.07, 6.45) is 0.535. The van der Waals surface area contributed by atoms with Gasteiger partial charge in [-0.15, -0.1) is 0 Å². The molecule has 0 bridgehead atoms. The van der Waals surface area contributed by atoms with E-state index in [9.17, 15) is 14.7 Å². The molecule has 0 aliphatic heterocycles. The summed E-state index contributed by atoms with van der Waals surface area (Å²) in [6, 6.07) is 8.44. The van der Waals surface area contributed by atoms with Crippen molar-refractivity contribution in [3.63, 3.8) is 0 Å². The molecule has 7 heteroatoms. The molecule has 0 saturated carbocycles. The van der Waals surface area contributed by atoms with E-state index in [4.69, 9.17) is 10.2 Å². The molecule has 0 fully saturated rings. The van der Waals surface area contributed by atoms with Crippen molar-refractivity contribution in [2.75, 3.05) is 0 Å². The fourth-order valence-electron chi connectivity index (χ4n) is 2.02. The van der Waals surface area contributed by atoms with Gasteiger partial charge in [-0.25, -0.2) is 9.59 Å². The number of hydrogen-bond donors (Lipinski definition) is 3. The summed E-state index contributed by atoms with van der Waals surface area (Å²) in [6.45, 7) is 1.84. The van der Waals surface area contributed by atoms with Gasteiger partial charge in [0.1, 0.15) is 11.3 Å². The van der Waals surface area contributed by atoms with Crippen LogP contribution >= 0.6 is 0 Å². The van der Waals surface area contributed by atoms with Crippen LogP contribution in [0, 0.1) is 0 Å².